The molecule has 15 heavy (non-hydrogen) atoms. The molecule has 0 saturated heterocycles. The summed E-state index contributed by atoms with van der Waals surface area (Å²) in [5.74, 6) is -0.324. The Morgan fingerprint density at radius 3 is 2.67 bits per heavy atom. The first-order valence-electron chi connectivity index (χ1n) is 6.06. The van der Waals surface area contributed by atoms with Crippen molar-refractivity contribution in [2.45, 2.75) is 45.4 Å². The van der Waals surface area contributed by atoms with Crippen LogP contribution in [0.3, 0.4) is 0 Å². The maximum atomic E-state index is 11.1. The molecule has 1 saturated carbocycles. The molecule has 1 fully saturated rings. The summed E-state index contributed by atoms with van der Waals surface area (Å²) in [6.45, 7) is 3.39. The first-order chi connectivity index (χ1) is 7.25. The van der Waals surface area contributed by atoms with Gasteiger partial charge in [0, 0.05) is 13.2 Å². The molecule has 1 aliphatic rings. The van der Waals surface area contributed by atoms with Gasteiger partial charge in [-0.2, -0.15) is 0 Å². The van der Waals surface area contributed by atoms with Crippen LogP contribution in [0.2, 0.25) is 0 Å². The third-order valence-electron chi connectivity index (χ3n) is 3.29. The smallest absolute Gasteiger partial charge is 0.306 e. The normalized spacial score (nSPS) is 19.3. The highest BCUT2D eigenvalue weighted by Crippen LogP contribution is 2.33. The van der Waals surface area contributed by atoms with Crippen LogP contribution in [-0.2, 0) is 9.53 Å². The summed E-state index contributed by atoms with van der Waals surface area (Å²) in [4.78, 5) is 11.1. The lowest BCUT2D eigenvalue weighted by Gasteiger charge is -2.18. The lowest BCUT2D eigenvalue weighted by molar-refractivity contribution is -0.144. The monoisotopic (exact) mass is 214 g/mol. The molecule has 0 aromatic heterocycles. The molecule has 3 heteroatoms. The van der Waals surface area contributed by atoms with Crippen molar-refractivity contribution in [3.05, 3.63) is 0 Å². The second-order valence-electron chi connectivity index (χ2n) is 4.33. The molecule has 0 aromatic carbocycles. The maximum absolute atomic E-state index is 11.1. The summed E-state index contributed by atoms with van der Waals surface area (Å²) in [6, 6.07) is 0. The highest BCUT2D eigenvalue weighted by atomic mass is 16.5. The molecule has 0 spiro atoms. The molecule has 0 heterocycles. The number of hydrogen-bond donors (Lipinski definition) is 1. The second kappa shape index (κ2) is 6.83. The Bertz CT molecular complexity index is 185. The quantitative estimate of drug-likeness (QED) is 0.663. The number of carboxylic acid groups (broad SMARTS) is 1. The summed E-state index contributed by atoms with van der Waals surface area (Å²) < 4.78 is 5.23. The number of hydrogen-bond acceptors (Lipinski definition) is 2. The zero-order chi connectivity index (χ0) is 11.1. The summed E-state index contributed by atoms with van der Waals surface area (Å²) >= 11 is 0. The topological polar surface area (TPSA) is 46.5 Å². The molecule has 1 rings (SSSR count). The van der Waals surface area contributed by atoms with Crippen LogP contribution in [0.25, 0.3) is 0 Å². The Hall–Kier alpha value is -0.570. The van der Waals surface area contributed by atoms with Gasteiger partial charge in [-0.1, -0.05) is 12.8 Å². The van der Waals surface area contributed by atoms with Gasteiger partial charge in [-0.15, -0.1) is 0 Å². The lowest BCUT2D eigenvalue weighted by Crippen LogP contribution is -2.22. The standard InChI is InChI=1S/C12H22O3/c1-2-15-9-5-8-11(12(13)14)10-6-3-4-7-10/h10-11H,2-9H2,1H3,(H,13,14). The van der Waals surface area contributed by atoms with Crippen LogP contribution < -0.4 is 0 Å². The van der Waals surface area contributed by atoms with Crippen molar-refractivity contribution in [3.8, 4) is 0 Å². The van der Waals surface area contributed by atoms with E-state index < -0.39 is 5.97 Å². The Labute approximate surface area is 91.8 Å². The minimum atomic E-state index is -0.613. The molecule has 0 bridgehead atoms. The van der Waals surface area contributed by atoms with Crippen LogP contribution >= 0.6 is 0 Å². The molecule has 88 valence electrons. The van der Waals surface area contributed by atoms with Crippen LogP contribution in [0, 0.1) is 11.8 Å². The van der Waals surface area contributed by atoms with Crippen LogP contribution in [0.15, 0.2) is 0 Å². The first kappa shape index (κ1) is 12.5. The van der Waals surface area contributed by atoms with Crippen molar-refractivity contribution in [2.75, 3.05) is 13.2 Å². The van der Waals surface area contributed by atoms with Crippen molar-refractivity contribution >= 4 is 5.97 Å². The third kappa shape index (κ3) is 4.20. The van der Waals surface area contributed by atoms with Gasteiger partial charge < -0.3 is 9.84 Å². The Morgan fingerprint density at radius 1 is 1.47 bits per heavy atom. The van der Waals surface area contributed by atoms with Crippen LogP contribution in [0.5, 0.6) is 0 Å². The fourth-order valence-electron chi connectivity index (χ4n) is 2.47. The van der Waals surface area contributed by atoms with E-state index in [0.717, 1.165) is 32.3 Å². The SMILES string of the molecule is CCOCCCC(C(=O)O)C1CCCC1. The molecule has 0 amide bonds. The minimum absolute atomic E-state index is 0.132. The van der Waals surface area contributed by atoms with E-state index in [1.54, 1.807) is 0 Å². The van der Waals surface area contributed by atoms with Crippen LogP contribution in [0.1, 0.15) is 45.4 Å². The van der Waals surface area contributed by atoms with Gasteiger partial charge in [0.05, 0.1) is 5.92 Å². The molecule has 1 N–H and O–H groups in total. The number of carbonyl (C=O) groups is 1. The lowest BCUT2D eigenvalue weighted by atomic mass is 9.87. The van der Waals surface area contributed by atoms with E-state index in [1.807, 2.05) is 6.92 Å². The van der Waals surface area contributed by atoms with Gasteiger partial charge in [0.2, 0.25) is 0 Å². The van der Waals surface area contributed by atoms with Crippen molar-refractivity contribution in [1.29, 1.82) is 0 Å². The zero-order valence-electron chi connectivity index (χ0n) is 9.58. The summed E-state index contributed by atoms with van der Waals surface area (Å²) in [7, 11) is 0. The van der Waals surface area contributed by atoms with Crippen LogP contribution in [-0.4, -0.2) is 24.3 Å². The predicted octanol–water partition coefficient (Wildman–Crippen LogP) is 2.69. The average Bonchev–Trinajstić information content (AvgIpc) is 2.70. The Kier molecular flexibility index (Phi) is 5.69. The first-order valence-corrected chi connectivity index (χ1v) is 6.06. The zero-order valence-corrected chi connectivity index (χ0v) is 9.58. The Balaban J connectivity index is 2.27. The molecule has 1 unspecified atom stereocenters. The molecule has 0 aliphatic heterocycles. The van der Waals surface area contributed by atoms with Gasteiger partial charge in [0.1, 0.15) is 0 Å². The predicted molar refractivity (Wildman–Crippen MR) is 58.8 cm³/mol. The fourth-order valence-corrected chi connectivity index (χ4v) is 2.47. The summed E-state index contributed by atoms with van der Waals surface area (Å²) in [5.41, 5.74) is 0. The van der Waals surface area contributed by atoms with E-state index in [4.69, 9.17) is 9.84 Å². The van der Waals surface area contributed by atoms with Gasteiger partial charge in [0.15, 0.2) is 0 Å². The van der Waals surface area contributed by atoms with Crippen molar-refractivity contribution in [2.24, 2.45) is 11.8 Å². The Morgan fingerprint density at radius 2 is 2.13 bits per heavy atom. The molecule has 1 aliphatic carbocycles. The highest BCUT2D eigenvalue weighted by molar-refractivity contribution is 5.70. The van der Waals surface area contributed by atoms with Crippen molar-refractivity contribution in [1.82, 2.24) is 0 Å². The summed E-state index contributed by atoms with van der Waals surface area (Å²) in [5, 5.41) is 9.15. The fraction of sp³-hybridized carbons (Fsp3) is 0.917. The number of ether oxygens (including phenoxy) is 1. The third-order valence-corrected chi connectivity index (χ3v) is 3.29. The molecule has 0 radical (unpaired) electrons. The van der Waals surface area contributed by atoms with Crippen molar-refractivity contribution < 1.29 is 14.6 Å². The largest absolute Gasteiger partial charge is 0.481 e. The average molecular weight is 214 g/mol. The minimum Gasteiger partial charge on any atom is -0.481 e. The van der Waals surface area contributed by atoms with E-state index in [9.17, 15) is 4.79 Å². The molecular formula is C12H22O3. The van der Waals surface area contributed by atoms with E-state index in [-0.39, 0.29) is 5.92 Å². The number of aliphatic carboxylic acids is 1. The van der Waals surface area contributed by atoms with Gasteiger partial charge >= 0.3 is 5.97 Å². The molecule has 1 atom stereocenters. The van der Waals surface area contributed by atoms with Gasteiger partial charge in [-0.25, -0.2) is 0 Å². The maximum Gasteiger partial charge on any atom is 0.306 e. The van der Waals surface area contributed by atoms with E-state index in [2.05, 4.69) is 0 Å². The van der Waals surface area contributed by atoms with Crippen LogP contribution in [0.4, 0.5) is 0 Å². The van der Waals surface area contributed by atoms with Gasteiger partial charge in [-0.3, -0.25) is 4.79 Å². The van der Waals surface area contributed by atoms with E-state index in [1.165, 1.54) is 12.8 Å². The van der Waals surface area contributed by atoms with E-state index >= 15 is 0 Å². The second-order valence-corrected chi connectivity index (χ2v) is 4.33. The van der Waals surface area contributed by atoms with Crippen molar-refractivity contribution in [3.63, 3.8) is 0 Å². The summed E-state index contributed by atoms with van der Waals surface area (Å²) in [6.07, 6.45) is 6.28. The molecular weight excluding hydrogens is 192 g/mol. The van der Waals surface area contributed by atoms with E-state index in [0.29, 0.717) is 12.5 Å². The number of carboxylic acids is 1. The van der Waals surface area contributed by atoms with Gasteiger partial charge in [0.25, 0.3) is 0 Å². The number of rotatable bonds is 7. The molecule has 3 nitrogen and oxygen atoms in total. The highest BCUT2D eigenvalue weighted by Gasteiger charge is 2.29. The molecule has 0 aromatic rings. The van der Waals surface area contributed by atoms with Gasteiger partial charge in [-0.05, 0) is 38.5 Å².